The number of amides is 1. The lowest BCUT2D eigenvalue weighted by Crippen LogP contribution is -2.13. The van der Waals surface area contributed by atoms with Gasteiger partial charge in [-0.15, -0.1) is 0 Å². The van der Waals surface area contributed by atoms with Crippen LogP contribution in [0.4, 0.5) is 5.69 Å². The van der Waals surface area contributed by atoms with Gasteiger partial charge in [0, 0.05) is 6.20 Å². The molecule has 0 saturated heterocycles. The number of nitriles is 1. The van der Waals surface area contributed by atoms with E-state index in [0.717, 1.165) is 0 Å². The third-order valence-corrected chi connectivity index (χ3v) is 2.99. The summed E-state index contributed by atoms with van der Waals surface area (Å²) in [6.45, 7) is 0.176. The van der Waals surface area contributed by atoms with Gasteiger partial charge < -0.3 is 14.8 Å². The number of ether oxygens (including phenoxy) is 2. The Morgan fingerprint density at radius 3 is 2.95 bits per heavy atom. The fourth-order valence-corrected chi connectivity index (χ4v) is 1.95. The topological polar surface area (TPSA) is 84.2 Å². The van der Waals surface area contributed by atoms with Crippen LogP contribution in [0.15, 0.2) is 48.3 Å². The van der Waals surface area contributed by atoms with Crippen molar-refractivity contribution in [2.75, 3.05) is 12.1 Å². The minimum absolute atomic E-state index is 0.0114. The highest BCUT2D eigenvalue weighted by atomic mass is 16.7. The lowest BCUT2D eigenvalue weighted by molar-refractivity contribution is -0.112. The largest absolute Gasteiger partial charge is 0.454 e. The molecule has 6 heteroatoms. The van der Waals surface area contributed by atoms with Gasteiger partial charge in [0.2, 0.25) is 6.79 Å². The molecule has 0 radical (unpaired) electrons. The molecule has 1 amide bonds. The van der Waals surface area contributed by atoms with E-state index in [1.807, 2.05) is 6.07 Å². The van der Waals surface area contributed by atoms with E-state index in [-0.39, 0.29) is 12.4 Å². The molecule has 2 aromatic rings. The maximum Gasteiger partial charge on any atom is 0.266 e. The number of pyridine rings is 1. The summed E-state index contributed by atoms with van der Waals surface area (Å²) in [5.41, 5.74) is 1.20. The first-order chi connectivity index (χ1) is 10.8. The number of carbonyl (C=O) groups is 1. The highest BCUT2D eigenvalue weighted by Crippen LogP contribution is 2.33. The molecule has 0 spiro atoms. The van der Waals surface area contributed by atoms with E-state index in [4.69, 9.17) is 9.47 Å². The number of hydrogen-bond donors (Lipinski definition) is 1. The molecule has 0 aliphatic carbocycles. The van der Waals surface area contributed by atoms with Crippen molar-refractivity contribution >= 4 is 17.7 Å². The van der Waals surface area contributed by atoms with Gasteiger partial charge in [-0.1, -0.05) is 6.07 Å². The van der Waals surface area contributed by atoms with Gasteiger partial charge >= 0.3 is 0 Å². The summed E-state index contributed by atoms with van der Waals surface area (Å²) in [5.74, 6) is 0.752. The van der Waals surface area contributed by atoms with Crippen molar-refractivity contribution in [2.24, 2.45) is 0 Å². The predicted octanol–water partition coefficient (Wildman–Crippen LogP) is 2.36. The number of fused-ring (bicyclic) bond motifs is 1. The molecule has 1 aromatic carbocycles. The highest BCUT2D eigenvalue weighted by molar-refractivity contribution is 6.09. The van der Waals surface area contributed by atoms with Crippen LogP contribution >= 0.6 is 0 Å². The summed E-state index contributed by atoms with van der Waals surface area (Å²) in [6, 6.07) is 10.5. The van der Waals surface area contributed by atoms with E-state index in [1.54, 1.807) is 36.5 Å². The van der Waals surface area contributed by atoms with Gasteiger partial charge in [0.15, 0.2) is 11.5 Å². The van der Waals surface area contributed by atoms with Crippen molar-refractivity contribution in [1.82, 2.24) is 4.98 Å². The molecule has 2 heterocycles. The summed E-state index contributed by atoms with van der Waals surface area (Å²) in [6.07, 6.45) is 4.60. The van der Waals surface area contributed by atoms with Crippen LogP contribution in [0.1, 0.15) is 5.56 Å². The SMILES string of the molecule is N#C/C(=C\c1ccc2c(c1)OCO2)C(=O)Nc1cccnc1. The van der Waals surface area contributed by atoms with Crippen LogP contribution in [0.3, 0.4) is 0 Å². The first-order valence-corrected chi connectivity index (χ1v) is 6.49. The fraction of sp³-hybridized carbons (Fsp3) is 0.0625. The van der Waals surface area contributed by atoms with Crippen LogP contribution in [0.25, 0.3) is 6.08 Å². The summed E-state index contributed by atoms with van der Waals surface area (Å²) in [7, 11) is 0. The number of benzene rings is 1. The van der Waals surface area contributed by atoms with E-state index >= 15 is 0 Å². The zero-order valence-corrected chi connectivity index (χ0v) is 11.4. The molecule has 0 bridgehead atoms. The molecule has 108 valence electrons. The number of nitrogens with zero attached hydrogens (tertiary/aromatic N) is 2. The molecular weight excluding hydrogens is 282 g/mol. The van der Waals surface area contributed by atoms with Gasteiger partial charge in [-0.25, -0.2) is 0 Å². The predicted molar refractivity (Wildman–Crippen MR) is 79.0 cm³/mol. The first-order valence-electron chi connectivity index (χ1n) is 6.49. The van der Waals surface area contributed by atoms with Crippen LogP contribution in [0, 0.1) is 11.3 Å². The molecule has 1 N–H and O–H groups in total. The minimum atomic E-state index is -0.492. The summed E-state index contributed by atoms with van der Waals surface area (Å²) < 4.78 is 10.5. The molecule has 0 saturated carbocycles. The molecule has 0 fully saturated rings. The second-order valence-corrected chi connectivity index (χ2v) is 4.48. The van der Waals surface area contributed by atoms with Crippen molar-refractivity contribution in [2.45, 2.75) is 0 Å². The van der Waals surface area contributed by atoms with Crippen LogP contribution < -0.4 is 14.8 Å². The molecule has 1 aromatic heterocycles. The van der Waals surface area contributed by atoms with Gasteiger partial charge in [-0.3, -0.25) is 9.78 Å². The Morgan fingerprint density at radius 2 is 2.18 bits per heavy atom. The van der Waals surface area contributed by atoms with E-state index in [2.05, 4.69) is 10.3 Å². The Labute approximate surface area is 126 Å². The number of hydrogen-bond acceptors (Lipinski definition) is 5. The normalized spacial score (nSPS) is 12.6. The molecule has 1 aliphatic heterocycles. The second-order valence-electron chi connectivity index (χ2n) is 4.48. The number of carbonyl (C=O) groups excluding carboxylic acids is 1. The van der Waals surface area contributed by atoms with Crippen LogP contribution in [-0.2, 0) is 4.79 Å². The number of anilines is 1. The van der Waals surface area contributed by atoms with Crippen molar-refractivity contribution in [3.05, 3.63) is 53.9 Å². The zero-order valence-electron chi connectivity index (χ0n) is 11.4. The number of nitrogens with one attached hydrogen (secondary N) is 1. The Morgan fingerprint density at radius 1 is 1.32 bits per heavy atom. The van der Waals surface area contributed by atoms with E-state index in [0.29, 0.717) is 22.7 Å². The Kier molecular flexibility index (Phi) is 3.70. The molecule has 1 aliphatic rings. The van der Waals surface area contributed by atoms with Gasteiger partial charge in [-0.2, -0.15) is 5.26 Å². The van der Waals surface area contributed by atoms with Gasteiger partial charge in [-0.05, 0) is 35.9 Å². The summed E-state index contributed by atoms with van der Waals surface area (Å²) in [4.78, 5) is 16.0. The third-order valence-electron chi connectivity index (χ3n) is 2.99. The second kappa shape index (κ2) is 5.97. The Hall–Kier alpha value is -3.33. The summed E-state index contributed by atoms with van der Waals surface area (Å²) >= 11 is 0. The van der Waals surface area contributed by atoms with Crippen molar-refractivity contribution in [1.29, 1.82) is 5.26 Å². The molecule has 0 atom stereocenters. The lowest BCUT2D eigenvalue weighted by atomic mass is 10.1. The number of rotatable bonds is 3. The standard InChI is InChI=1S/C16H11N3O3/c17-8-12(16(20)19-13-2-1-5-18-9-13)6-11-3-4-14-15(7-11)22-10-21-14/h1-7,9H,10H2,(H,19,20)/b12-6+. The summed E-state index contributed by atoms with van der Waals surface area (Å²) in [5, 5.41) is 11.8. The molecule has 22 heavy (non-hydrogen) atoms. The molecule has 6 nitrogen and oxygen atoms in total. The van der Waals surface area contributed by atoms with Gasteiger partial charge in [0.25, 0.3) is 5.91 Å². The molecule has 0 unspecified atom stereocenters. The molecule has 3 rings (SSSR count). The fourth-order valence-electron chi connectivity index (χ4n) is 1.95. The Balaban J connectivity index is 1.81. The highest BCUT2D eigenvalue weighted by Gasteiger charge is 2.14. The van der Waals surface area contributed by atoms with Gasteiger partial charge in [0.1, 0.15) is 11.6 Å². The smallest absolute Gasteiger partial charge is 0.266 e. The van der Waals surface area contributed by atoms with Crippen molar-refractivity contribution < 1.29 is 14.3 Å². The van der Waals surface area contributed by atoms with Crippen molar-refractivity contribution in [3.8, 4) is 17.6 Å². The van der Waals surface area contributed by atoms with Crippen LogP contribution in [-0.4, -0.2) is 17.7 Å². The van der Waals surface area contributed by atoms with Crippen LogP contribution in [0.2, 0.25) is 0 Å². The van der Waals surface area contributed by atoms with Crippen LogP contribution in [0.5, 0.6) is 11.5 Å². The quantitative estimate of drug-likeness (QED) is 0.693. The van der Waals surface area contributed by atoms with E-state index in [1.165, 1.54) is 12.3 Å². The van der Waals surface area contributed by atoms with E-state index < -0.39 is 5.91 Å². The zero-order chi connectivity index (χ0) is 15.4. The van der Waals surface area contributed by atoms with Crippen molar-refractivity contribution in [3.63, 3.8) is 0 Å². The average molecular weight is 293 g/mol. The van der Waals surface area contributed by atoms with E-state index in [9.17, 15) is 10.1 Å². The third kappa shape index (κ3) is 2.88. The Bertz CT molecular complexity index is 779. The molecular formula is C16H11N3O3. The monoisotopic (exact) mass is 293 g/mol. The first kappa shape index (κ1) is 13.6. The average Bonchev–Trinajstić information content (AvgIpc) is 3.01. The lowest BCUT2D eigenvalue weighted by Gasteiger charge is -2.03. The minimum Gasteiger partial charge on any atom is -0.454 e. The maximum absolute atomic E-state index is 12.1. The van der Waals surface area contributed by atoms with Gasteiger partial charge in [0.05, 0.1) is 11.9 Å². The number of aromatic nitrogens is 1. The maximum atomic E-state index is 12.1.